The zero-order valence-corrected chi connectivity index (χ0v) is 24.1. The molecule has 1 fully saturated rings. The second-order valence-electron chi connectivity index (χ2n) is 10.2. The maximum Gasteiger partial charge on any atom is 0.229 e. The molecule has 0 radical (unpaired) electrons. The SMILES string of the molecule is Cc1cc(Nc2ncc(Cl)c(Nc3ccc(S(=O)(=O)C(C)C)cc3)n2)c(OC(C)C)cc1C1CCNCC1. The van der Waals surface area contributed by atoms with Gasteiger partial charge in [-0.05, 0) is 114 Å². The fraction of sp³-hybridized carbons (Fsp3) is 0.429. The molecule has 1 aromatic heterocycles. The van der Waals surface area contributed by atoms with Crippen LogP contribution in [0.25, 0.3) is 0 Å². The van der Waals surface area contributed by atoms with Gasteiger partial charge >= 0.3 is 0 Å². The summed E-state index contributed by atoms with van der Waals surface area (Å²) < 4.78 is 31.0. The third-order valence-corrected chi connectivity index (χ3v) is 9.01. The van der Waals surface area contributed by atoms with Gasteiger partial charge in [-0.1, -0.05) is 11.6 Å². The third kappa shape index (κ3) is 6.57. The average Bonchev–Trinajstić information content (AvgIpc) is 2.88. The summed E-state index contributed by atoms with van der Waals surface area (Å²) in [6, 6.07) is 10.8. The Morgan fingerprint density at radius 3 is 2.37 bits per heavy atom. The number of hydrogen-bond donors (Lipinski definition) is 3. The van der Waals surface area contributed by atoms with Gasteiger partial charge in [0.1, 0.15) is 10.8 Å². The van der Waals surface area contributed by atoms with E-state index < -0.39 is 15.1 Å². The molecule has 8 nitrogen and oxygen atoms in total. The predicted molar refractivity (Wildman–Crippen MR) is 154 cm³/mol. The molecule has 2 heterocycles. The van der Waals surface area contributed by atoms with Gasteiger partial charge in [-0.25, -0.2) is 13.4 Å². The molecule has 1 aliphatic rings. The zero-order chi connectivity index (χ0) is 27.4. The Balaban J connectivity index is 1.58. The minimum Gasteiger partial charge on any atom is -0.489 e. The first kappa shape index (κ1) is 28.1. The third-order valence-electron chi connectivity index (χ3n) is 6.57. The predicted octanol–water partition coefficient (Wildman–Crippen LogP) is 6.36. The summed E-state index contributed by atoms with van der Waals surface area (Å²) in [4.78, 5) is 9.22. The van der Waals surface area contributed by atoms with Crippen LogP contribution in [0.3, 0.4) is 0 Å². The van der Waals surface area contributed by atoms with Crippen LogP contribution in [0.15, 0.2) is 47.5 Å². The van der Waals surface area contributed by atoms with Crippen molar-refractivity contribution in [2.45, 2.75) is 69.6 Å². The lowest BCUT2D eigenvalue weighted by atomic mass is 9.87. The zero-order valence-electron chi connectivity index (χ0n) is 22.5. The Morgan fingerprint density at radius 1 is 1.05 bits per heavy atom. The van der Waals surface area contributed by atoms with E-state index in [1.165, 1.54) is 17.3 Å². The number of nitrogens with zero attached hydrogens (tertiary/aromatic N) is 2. The van der Waals surface area contributed by atoms with Crippen LogP contribution in [0.5, 0.6) is 5.75 Å². The van der Waals surface area contributed by atoms with Crippen LogP contribution >= 0.6 is 11.6 Å². The Bertz CT molecular complexity index is 1370. The standard InChI is InChI=1S/C28H36ClN5O3S/c1-17(2)37-26-15-23(20-10-12-30-13-11-20)19(5)14-25(26)33-28-31-16-24(29)27(34-28)32-21-6-8-22(9-7-21)38(35,36)18(3)4/h6-9,14-18,20,30H,10-13H2,1-5H3,(H2,31,32,33,34). The number of benzene rings is 2. The lowest BCUT2D eigenvalue weighted by Crippen LogP contribution is -2.27. The summed E-state index contributed by atoms with van der Waals surface area (Å²) in [6.07, 6.45) is 3.74. The molecule has 38 heavy (non-hydrogen) atoms. The van der Waals surface area contributed by atoms with Gasteiger partial charge < -0.3 is 20.7 Å². The molecule has 0 bridgehead atoms. The molecule has 4 rings (SSSR count). The Kier molecular flexibility index (Phi) is 8.80. The molecule has 3 N–H and O–H groups in total. The van der Waals surface area contributed by atoms with Gasteiger partial charge in [-0.2, -0.15) is 4.98 Å². The highest BCUT2D eigenvalue weighted by atomic mass is 35.5. The Labute approximate surface area is 230 Å². The number of piperidine rings is 1. The molecule has 10 heteroatoms. The van der Waals surface area contributed by atoms with Crippen molar-refractivity contribution in [1.82, 2.24) is 15.3 Å². The minimum atomic E-state index is -3.35. The molecular weight excluding hydrogens is 522 g/mol. The van der Waals surface area contributed by atoms with Crippen molar-refractivity contribution in [2.75, 3.05) is 23.7 Å². The molecule has 0 saturated carbocycles. The first-order valence-electron chi connectivity index (χ1n) is 13.0. The van der Waals surface area contributed by atoms with Crippen LogP contribution in [0.4, 0.5) is 23.1 Å². The normalized spacial score (nSPS) is 14.6. The molecule has 0 aliphatic carbocycles. The molecule has 0 spiro atoms. The van der Waals surface area contributed by atoms with E-state index in [-0.39, 0.29) is 11.0 Å². The summed E-state index contributed by atoms with van der Waals surface area (Å²) in [5.74, 6) is 2.02. The van der Waals surface area contributed by atoms with E-state index >= 15 is 0 Å². The van der Waals surface area contributed by atoms with Gasteiger partial charge in [0.05, 0.1) is 28.1 Å². The van der Waals surface area contributed by atoms with Crippen LogP contribution in [0.1, 0.15) is 57.6 Å². The lowest BCUT2D eigenvalue weighted by Gasteiger charge is -2.26. The summed E-state index contributed by atoms with van der Waals surface area (Å²) in [5, 5.41) is 9.75. The van der Waals surface area contributed by atoms with Crippen LogP contribution < -0.4 is 20.7 Å². The number of rotatable bonds is 9. The van der Waals surface area contributed by atoms with Crippen molar-refractivity contribution in [1.29, 1.82) is 0 Å². The summed E-state index contributed by atoms with van der Waals surface area (Å²) in [5.41, 5.74) is 3.95. The molecule has 2 aromatic carbocycles. The van der Waals surface area contributed by atoms with Crippen molar-refractivity contribution in [3.63, 3.8) is 0 Å². The van der Waals surface area contributed by atoms with E-state index in [2.05, 4.69) is 45.0 Å². The number of anilines is 4. The van der Waals surface area contributed by atoms with Crippen LogP contribution in [0.2, 0.25) is 5.02 Å². The maximum atomic E-state index is 12.4. The smallest absolute Gasteiger partial charge is 0.229 e. The first-order valence-corrected chi connectivity index (χ1v) is 14.9. The number of aryl methyl sites for hydroxylation is 1. The maximum absolute atomic E-state index is 12.4. The lowest BCUT2D eigenvalue weighted by molar-refractivity contribution is 0.243. The van der Waals surface area contributed by atoms with E-state index in [0.29, 0.717) is 28.4 Å². The summed E-state index contributed by atoms with van der Waals surface area (Å²) >= 11 is 6.39. The van der Waals surface area contributed by atoms with Crippen LogP contribution in [-0.2, 0) is 9.84 Å². The van der Waals surface area contributed by atoms with Crippen molar-refractivity contribution in [3.8, 4) is 5.75 Å². The largest absolute Gasteiger partial charge is 0.489 e. The second kappa shape index (κ2) is 11.9. The molecule has 1 aliphatic heterocycles. The van der Waals surface area contributed by atoms with Gasteiger partial charge in [0.15, 0.2) is 15.7 Å². The number of aromatic nitrogens is 2. The van der Waals surface area contributed by atoms with Crippen LogP contribution in [-0.4, -0.2) is 42.8 Å². The minimum absolute atomic E-state index is 0.00461. The highest BCUT2D eigenvalue weighted by Crippen LogP contribution is 2.37. The molecule has 3 aromatic rings. The molecule has 0 amide bonds. The fourth-order valence-electron chi connectivity index (χ4n) is 4.50. The number of nitrogens with one attached hydrogen (secondary N) is 3. The van der Waals surface area contributed by atoms with Crippen molar-refractivity contribution < 1.29 is 13.2 Å². The first-order chi connectivity index (χ1) is 18.0. The molecule has 1 saturated heterocycles. The fourth-order valence-corrected chi connectivity index (χ4v) is 5.70. The summed E-state index contributed by atoms with van der Waals surface area (Å²) in [6.45, 7) is 11.5. The highest BCUT2D eigenvalue weighted by Gasteiger charge is 2.21. The van der Waals surface area contributed by atoms with Gasteiger partial charge in [0, 0.05) is 5.69 Å². The number of sulfone groups is 1. The second-order valence-corrected chi connectivity index (χ2v) is 13.1. The quantitative estimate of drug-likeness (QED) is 0.279. The summed E-state index contributed by atoms with van der Waals surface area (Å²) in [7, 11) is -3.35. The van der Waals surface area contributed by atoms with Gasteiger partial charge in [0.2, 0.25) is 5.95 Å². The van der Waals surface area contributed by atoms with E-state index in [1.807, 2.05) is 13.8 Å². The molecule has 0 unspecified atom stereocenters. The van der Waals surface area contributed by atoms with E-state index in [9.17, 15) is 8.42 Å². The number of ether oxygens (including phenoxy) is 1. The number of halogens is 1. The van der Waals surface area contributed by atoms with Gasteiger partial charge in [-0.15, -0.1) is 0 Å². The molecule has 0 atom stereocenters. The van der Waals surface area contributed by atoms with Gasteiger partial charge in [-0.3, -0.25) is 0 Å². The Hall–Kier alpha value is -2.88. The number of hydrogen-bond acceptors (Lipinski definition) is 8. The van der Waals surface area contributed by atoms with E-state index in [0.717, 1.165) is 37.4 Å². The highest BCUT2D eigenvalue weighted by molar-refractivity contribution is 7.92. The van der Waals surface area contributed by atoms with E-state index in [1.54, 1.807) is 38.1 Å². The monoisotopic (exact) mass is 557 g/mol. The topological polar surface area (TPSA) is 105 Å². The molecular formula is C28H36ClN5O3S. The van der Waals surface area contributed by atoms with E-state index in [4.69, 9.17) is 16.3 Å². The Morgan fingerprint density at radius 2 is 1.74 bits per heavy atom. The van der Waals surface area contributed by atoms with Crippen molar-refractivity contribution in [3.05, 3.63) is 58.7 Å². The van der Waals surface area contributed by atoms with Crippen LogP contribution in [0, 0.1) is 6.92 Å². The molecule has 204 valence electrons. The van der Waals surface area contributed by atoms with Crippen molar-refractivity contribution >= 4 is 44.6 Å². The van der Waals surface area contributed by atoms with Crippen molar-refractivity contribution in [2.24, 2.45) is 0 Å². The average molecular weight is 558 g/mol. The van der Waals surface area contributed by atoms with Gasteiger partial charge in [0.25, 0.3) is 0 Å².